The molecule has 0 unspecified atom stereocenters. The summed E-state index contributed by atoms with van der Waals surface area (Å²) < 4.78 is 6.57. The highest BCUT2D eigenvalue weighted by atomic mass is 16.6. The number of nitro benzene ring substituents is 1. The lowest BCUT2D eigenvalue weighted by Crippen LogP contribution is -2.12. The van der Waals surface area contributed by atoms with Gasteiger partial charge in [0.2, 0.25) is 0 Å². The average molecular weight is 468 g/mol. The molecule has 1 heterocycles. The van der Waals surface area contributed by atoms with Crippen LogP contribution in [0.3, 0.4) is 0 Å². The van der Waals surface area contributed by atoms with E-state index in [2.05, 4.69) is 10.3 Å². The molecule has 0 fully saturated rings. The Morgan fingerprint density at radius 1 is 1.06 bits per heavy atom. The number of Topliss-reactive ketones (excluding diaryl/α,β-unsaturated/α-hetero) is 1. The van der Waals surface area contributed by atoms with Crippen LogP contribution in [0.15, 0.2) is 85.1 Å². The van der Waals surface area contributed by atoms with E-state index in [0.717, 1.165) is 5.56 Å². The summed E-state index contributed by atoms with van der Waals surface area (Å²) in [5.41, 5.74) is 3.52. The van der Waals surface area contributed by atoms with Crippen molar-refractivity contribution >= 4 is 23.5 Å². The van der Waals surface area contributed by atoms with E-state index in [9.17, 15) is 19.7 Å². The van der Waals surface area contributed by atoms with Crippen molar-refractivity contribution in [2.75, 3.05) is 6.61 Å². The number of ketones is 1. The number of rotatable bonds is 8. The van der Waals surface area contributed by atoms with Crippen molar-refractivity contribution in [3.63, 3.8) is 0 Å². The molecule has 0 aliphatic carbocycles. The molecule has 0 N–H and O–H groups in total. The smallest absolute Gasteiger partial charge is 0.331 e. The molecule has 1 aromatic heterocycles. The molecule has 0 spiro atoms. The van der Waals surface area contributed by atoms with Crippen LogP contribution in [-0.4, -0.2) is 38.3 Å². The highest BCUT2D eigenvalue weighted by Gasteiger charge is 2.16. The van der Waals surface area contributed by atoms with Gasteiger partial charge in [-0.3, -0.25) is 14.9 Å². The number of aryl methyl sites for hydroxylation is 1. The third kappa shape index (κ3) is 5.53. The summed E-state index contributed by atoms with van der Waals surface area (Å²) in [5, 5.41) is 19.3. The molecule has 0 atom stereocenters. The molecule has 9 heteroatoms. The minimum Gasteiger partial charge on any atom is -0.454 e. The van der Waals surface area contributed by atoms with E-state index in [0.29, 0.717) is 28.1 Å². The van der Waals surface area contributed by atoms with Crippen LogP contribution < -0.4 is 0 Å². The van der Waals surface area contributed by atoms with Gasteiger partial charge in [0.1, 0.15) is 0 Å². The average Bonchev–Trinajstić information content (AvgIpc) is 3.37. The van der Waals surface area contributed by atoms with Gasteiger partial charge in [0.25, 0.3) is 5.69 Å². The summed E-state index contributed by atoms with van der Waals surface area (Å²) in [5.74, 6) is -0.968. The predicted molar refractivity (Wildman–Crippen MR) is 129 cm³/mol. The summed E-state index contributed by atoms with van der Waals surface area (Å²) in [4.78, 5) is 35.2. The van der Waals surface area contributed by atoms with E-state index >= 15 is 0 Å². The van der Waals surface area contributed by atoms with E-state index in [4.69, 9.17) is 4.74 Å². The first-order valence-electron chi connectivity index (χ1n) is 10.6. The van der Waals surface area contributed by atoms with Crippen molar-refractivity contribution in [1.82, 2.24) is 15.0 Å². The van der Waals surface area contributed by atoms with Gasteiger partial charge in [-0.25, -0.2) is 9.48 Å². The number of hydrogen-bond acceptors (Lipinski definition) is 7. The van der Waals surface area contributed by atoms with Crippen LogP contribution in [0, 0.1) is 17.0 Å². The Morgan fingerprint density at radius 2 is 1.80 bits per heavy atom. The normalized spacial score (nSPS) is 10.9. The number of aromatic nitrogens is 3. The molecule has 0 amide bonds. The maximum Gasteiger partial charge on any atom is 0.331 e. The maximum absolute atomic E-state index is 12.4. The van der Waals surface area contributed by atoms with Crippen LogP contribution in [0.25, 0.3) is 23.0 Å². The van der Waals surface area contributed by atoms with Gasteiger partial charge in [0.05, 0.1) is 22.5 Å². The minimum absolute atomic E-state index is 0.00403. The number of nitrogens with zero attached hydrogens (tertiary/aromatic N) is 4. The van der Waals surface area contributed by atoms with Gasteiger partial charge in [-0.1, -0.05) is 47.7 Å². The Kier molecular flexibility index (Phi) is 6.87. The van der Waals surface area contributed by atoms with E-state index in [1.165, 1.54) is 23.0 Å². The van der Waals surface area contributed by atoms with Crippen LogP contribution in [0.4, 0.5) is 5.69 Å². The SMILES string of the molecule is Cc1ccc(-c2cnnn2-c2ccc(C(=O)COC(=O)/C=C/c3ccccc3)cc2)cc1[N+](=O)[O-]. The lowest BCUT2D eigenvalue weighted by Gasteiger charge is -2.08. The topological polar surface area (TPSA) is 117 Å². The van der Waals surface area contributed by atoms with E-state index in [1.54, 1.807) is 49.4 Å². The summed E-state index contributed by atoms with van der Waals surface area (Å²) >= 11 is 0. The van der Waals surface area contributed by atoms with E-state index < -0.39 is 10.9 Å². The van der Waals surface area contributed by atoms with Gasteiger partial charge < -0.3 is 4.74 Å². The third-order valence-corrected chi connectivity index (χ3v) is 5.24. The summed E-state index contributed by atoms with van der Waals surface area (Å²) in [7, 11) is 0. The number of nitro groups is 1. The Hall–Kier alpha value is -4.92. The van der Waals surface area contributed by atoms with Crippen molar-refractivity contribution in [2.45, 2.75) is 6.92 Å². The van der Waals surface area contributed by atoms with E-state index in [-0.39, 0.29) is 18.1 Å². The molecule has 0 aliphatic rings. The van der Waals surface area contributed by atoms with Crippen LogP contribution >= 0.6 is 0 Å². The zero-order valence-electron chi connectivity index (χ0n) is 18.7. The fourth-order valence-electron chi connectivity index (χ4n) is 3.37. The van der Waals surface area contributed by atoms with Gasteiger partial charge in [0, 0.05) is 28.8 Å². The second-order valence-corrected chi connectivity index (χ2v) is 7.61. The van der Waals surface area contributed by atoms with Gasteiger partial charge in [-0.2, -0.15) is 0 Å². The predicted octanol–water partition coefficient (Wildman–Crippen LogP) is 4.59. The molecule has 4 aromatic rings. The molecule has 35 heavy (non-hydrogen) atoms. The Labute approximate surface area is 200 Å². The third-order valence-electron chi connectivity index (χ3n) is 5.24. The van der Waals surface area contributed by atoms with Crippen LogP contribution in [0.1, 0.15) is 21.5 Å². The number of benzene rings is 3. The van der Waals surface area contributed by atoms with Crippen molar-refractivity contribution in [3.8, 4) is 16.9 Å². The van der Waals surface area contributed by atoms with Crippen molar-refractivity contribution in [3.05, 3.63) is 112 Å². The molecule has 0 aliphatic heterocycles. The number of carbonyl (C=O) groups is 2. The Morgan fingerprint density at radius 3 is 2.51 bits per heavy atom. The van der Waals surface area contributed by atoms with Gasteiger partial charge in [-0.05, 0) is 42.8 Å². The minimum atomic E-state index is -0.613. The maximum atomic E-state index is 12.4. The molecule has 0 saturated heterocycles. The first-order valence-corrected chi connectivity index (χ1v) is 10.6. The Bertz CT molecular complexity index is 1410. The van der Waals surface area contributed by atoms with Gasteiger partial charge in [0.15, 0.2) is 12.4 Å². The number of hydrogen-bond donors (Lipinski definition) is 0. The van der Waals surface area contributed by atoms with Crippen molar-refractivity contribution in [1.29, 1.82) is 0 Å². The molecular formula is C26H20N4O5. The van der Waals surface area contributed by atoms with Gasteiger partial charge >= 0.3 is 5.97 Å². The highest BCUT2D eigenvalue weighted by Crippen LogP contribution is 2.27. The van der Waals surface area contributed by atoms with E-state index in [1.807, 2.05) is 30.3 Å². The molecule has 0 saturated carbocycles. The Balaban J connectivity index is 1.44. The number of esters is 1. The number of carbonyl (C=O) groups excluding carboxylic acids is 2. The highest BCUT2D eigenvalue weighted by molar-refractivity contribution is 5.99. The first-order chi connectivity index (χ1) is 16.9. The molecule has 174 valence electrons. The first kappa shape index (κ1) is 23.2. The van der Waals surface area contributed by atoms with Gasteiger partial charge in [-0.15, -0.1) is 5.10 Å². The summed E-state index contributed by atoms with van der Waals surface area (Å²) in [6.45, 7) is 1.28. The zero-order chi connectivity index (χ0) is 24.8. The largest absolute Gasteiger partial charge is 0.454 e. The molecule has 0 radical (unpaired) electrons. The number of ether oxygens (including phenoxy) is 1. The zero-order valence-corrected chi connectivity index (χ0v) is 18.7. The molecule has 0 bridgehead atoms. The monoisotopic (exact) mass is 468 g/mol. The molecular weight excluding hydrogens is 448 g/mol. The van der Waals surface area contributed by atoms with Crippen LogP contribution in [-0.2, 0) is 9.53 Å². The standard InChI is InChI=1S/C26H20N4O5/c1-18-7-9-21(15-23(18)30(33)34)24-16-27-28-29(24)22-12-10-20(11-13-22)25(31)17-35-26(32)14-8-19-5-3-2-4-6-19/h2-16H,17H2,1H3/b14-8+. The van der Waals surface area contributed by atoms with Crippen LogP contribution in [0.5, 0.6) is 0 Å². The molecule has 3 aromatic carbocycles. The molecule has 9 nitrogen and oxygen atoms in total. The van der Waals surface area contributed by atoms with Crippen molar-refractivity contribution in [2.24, 2.45) is 0 Å². The summed E-state index contributed by atoms with van der Waals surface area (Å²) in [6, 6.07) is 20.7. The second kappa shape index (κ2) is 10.3. The lowest BCUT2D eigenvalue weighted by atomic mass is 10.1. The summed E-state index contributed by atoms with van der Waals surface area (Å²) in [6.07, 6.45) is 4.39. The fourth-order valence-corrected chi connectivity index (χ4v) is 3.37. The second-order valence-electron chi connectivity index (χ2n) is 7.61. The molecule has 4 rings (SSSR count). The fraction of sp³-hybridized carbons (Fsp3) is 0.0769. The van der Waals surface area contributed by atoms with Crippen LogP contribution in [0.2, 0.25) is 0 Å². The lowest BCUT2D eigenvalue weighted by molar-refractivity contribution is -0.385. The van der Waals surface area contributed by atoms with Crippen molar-refractivity contribution < 1.29 is 19.2 Å². The quantitative estimate of drug-likeness (QED) is 0.122.